The summed E-state index contributed by atoms with van der Waals surface area (Å²) in [6.07, 6.45) is 0. The molecular formula is C20H21ClN2O2. The molecule has 0 aliphatic carbocycles. The maximum atomic E-state index is 13.0. The van der Waals surface area contributed by atoms with Gasteiger partial charge < -0.3 is 10.6 Å². The van der Waals surface area contributed by atoms with E-state index in [4.69, 9.17) is 17.3 Å². The minimum Gasteiger partial charge on any atom is -0.369 e. The number of carbonyl (C=O) groups is 2. The van der Waals surface area contributed by atoms with Crippen LogP contribution in [0.4, 0.5) is 0 Å². The summed E-state index contributed by atoms with van der Waals surface area (Å²) >= 11 is 6.12. The van der Waals surface area contributed by atoms with Crippen LogP contribution in [0, 0.1) is 5.92 Å². The standard InChI is InChI=1S/C20H21ClN2O2/c1-12(18(22)24)20(2)16-10-9-14(21)11-15(16)19(25)23(3)17(20)13-7-5-4-6-8-13/h4-12,17H,1-3H3,(H2,22,24). The van der Waals surface area contributed by atoms with Crippen LogP contribution >= 0.6 is 11.6 Å². The normalized spacial score (nSPS) is 23.9. The molecule has 2 amide bonds. The highest BCUT2D eigenvalue weighted by molar-refractivity contribution is 6.31. The van der Waals surface area contributed by atoms with Crippen molar-refractivity contribution in [2.24, 2.45) is 11.7 Å². The van der Waals surface area contributed by atoms with E-state index in [1.54, 1.807) is 24.1 Å². The van der Waals surface area contributed by atoms with Gasteiger partial charge in [-0.15, -0.1) is 0 Å². The Balaban J connectivity index is 2.32. The molecule has 0 spiro atoms. The van der Waals surface area contributed by atoms with Gasteiger partial charge in [0.05, 0.1) is 6.04 Å². The highest BCUT2D eigenvalue weighted by Crippen LogP contribution is 2.51. The quantitative estimate of drug-likeness (QED) is 0.914. The Hall–Kier alpha value is -2.33. The number of rotatable bonds is 3. The van der Waals surface area contributed by atoms with E-state index >= 15 is 0 Å². The minimum atomic E-state index is -0.671. The zero-order valence-electron chi connectivity index (χ0n) is 14.5. The van der Waals surface area contributed by atoms with Crippen molar-refractivity contribution in [3.63, 3.8) is 0 Å². The number of nitrogens with two attached hydrogens (primary N) is 1. The molecule has 130 valence electrons. The van der Waals surface area contributed by atoms with Crippen LogP contribution in [0.5, 0.6) is 0 Å². The number of hydrogen-bond acceptors (Lipinski definition) is 2. The van der Waals surface area contributed by atoms with Crippen molar-refractivity contribution in [1.82, 2.24) is 4.90 Å². The molecule has 0 saturated heterocycles. The second-order valence-corrected chi connectivity index (χ2v) is 7.26. The summed E-state index contributed by atoms with van der Waals surface area (Å²) in [6.45, 7) is 3.82. The van der Waals surface area contributed by atoms with Gasteiger partial charge in [-0.3, -0.25) is 9.59 Å². The van der Waals surface area contributed by atoms with Crippen LogP contribution in [-0.4, -0.2) is 23.8 Å². The molecule has 0 radical (unpaired) electrons. The van der Waals surface area contributed by atoms with Crippen LogP contribution in [-0.2, 0) is 10.2 Å². The lowest BCUT2D eigenvalue weighted by molar-refractivity contribution is -0.124. The van der Waals surface area contributed by atoms with Gasteiger partial charge in [0.1, 0.15) is 0 Å². The van der Waals surface area contributed by atoms with Crippen LogP contribution in [0.3, 0.4) is 0 Å². The molecule has 25 heavy (non-hydrogen) atoms. The molecule has 1 aliphatic rings. The summed E-state index contributed by atoms with van der Waals surface area (Å²) < 4.78 is 0. The van der Waals surface area contributed by atoms with Crippen molar-refractivity contribution >= 4 is 23.4 Å². The molecule has 3 atom stereocenters. The summed E-state index contributed by atoms with van der Waals surface area (Å²) in [7, 11) is 1.76. The lowest BCUT2D eigenvalue weighted by Gasteiger charge is -2.50. The lowest BCUT2D eigenvalue weighted by Crippen LogP contribution is -2.54. The molecule has 2 aromatic rings. The number of nitrogens with zero attached hydrogens (tertiary/aromatic N) is 1. The van der Waals surface area contributed by atoms with Crippen molar-refractivity contribution in [3.8, 4) is 0 Å². The predicted molar refractivity (Wildman–Crippen MR) is 98.4 cm³/mol. The summed E-state index contributed by atoms with van der Waals surface area (Å²) in [4.78, 5) is 26.8. The Morgan fingerprint density at radius 2 is 1.88 bits per heavy atom. The number of primary amides is 1. The van der Waals surface area contributed by atoms with Crippen LogP contribution in [0.15, 0.2) is 48.5 Å². The summed E-state index contributed by atoms with van der Waals surface area (Å²) in [5.74, 6) is -0.985. The molecule has 3 unspecified atom stereocenters. The van der Waals surface area contributed by atoms with Crippen LogP contribution < -0.4 is 5.73 Å². The second kappa shape index (κ2) is 6.19. The number of fused-ring (bicyclic) bond motifs is 1. The van der Waals surface area contributed by atoms with Crippen molar-refractivity contribution in [2.45, 2.75) is 25.3 Å². The average molecular weight is 357 g/mol. The first kappa shape index (κ1) is 17.5. The first-order chi connectivity index (χ1) is 11.8. The number of benzene rings is 2. The first-order valence-corrected chi connectivity index (χ1v) is 8.57. The van der Waals surface area contributed by atoms with Gasteiger partial charge in [-0.1, -0.05) is 61.8 Å². The molecule has 2 aromatic carbocycles. The Kier molecular flexibility index (Phi) is 4.33. The molecule has 0 aromatic heterocycles. The summed E-state index contributed by atoms with van der Waals surface area (Å²) in [5, 5.41) is 0.493. The molecule has 0 saturated carbocycles. The van der Waals surface area contributed by atoms with Gasteiger partial charge in [0.15, 0.2) is 0 Å². The topological polar surface area (TPSA) is 63.4 Å². The molecule has 3 rings (SSSR count). The minimum absolute atomic E-state index is 0.111. The van der Waals surface area contributed by atoms with Gasteiger partial charge in [-0.2, -0.15) is 0 Å². The third kappa shape index (κ3) is 2.61. The molecule has 0 fully saturated rings. The fourth-order valence-corrected chi connectivity index (χ4v) is 4.16. The second-order valence-electron chi connectivity index (χ2n) is 6.83. The highest BCUT2D eigenvalue weighted by Gasteiger charge is 2.51. The number of carbonyl (C=O) groups excluding carboxylic acids is 2. The number of hydrogen-bond donors (Lipinski definition) is 1. The van der Waals surface area contributed by atoms with E-state index in [-0.39, 0.29) is 11.9 Å². The van der Waals surface area contributed by atoms with Gasteiger partial charge in [-0.25, -0.2) is 0 Å². The van der Waals surface area contributed by atoms with Crippen molar-refractivity contribution in [2.75, 3.05) is 7.05 Å². The van der Waals surface area contributed by atoms with Gasteiger partial charge in [-0.05, 0) is 23.3 Å². The van der Waals surface area contributed by atoms with E-state index < -0.39 is 17.2 Å². The highest BCUT2D eigenvalue weighted by atomic mass is 35.5. The molecule has 5 heteroatoms. The zero-order valence-corrected chi connectivity index (χ0v) is 15.2. The zero-order chi connectivity index (χ0) is 18.4. The Morgan fingerprint density at radius 3 is 2.48 bits per heavy atom. The summed E-state index contributed by atoms with van der Waals surface area (Å²) in [5.41, 5.74) is 7.32. The van der Waals surface area contributed by atoms with Gasteiger partial charge >= 0.3 is 0 Å². The largest absolute Gasteiger partial charge is 0.369 e. The fraction of sp³-hybridized carbons (Fsp3) is 0.300. The number of halogens is 1. The van der Waals surface area contributed by atoms with E-state index in [0.717, 1.165) is 11.1 Å². The van der Waals surface area contributed by atoms with Crippen molar-refractivity contribution in [3.05, 3.63) is 70.2 Å². The molecule has 4 nitrogen and oxygen atoms in total. The van der Waals surface area contributed by atoms with Gasteiger partial charge in [0.25, 0.3) is 5.91 Å². The van der Waals surface area contributed by atoms with Crippen molar-refractivity contribution in [1.29, 1.82) is 0 Å². The molecule has 0 bridgehead atoms. The fourth-order valence-electron chi connectivity index (χ4n) is 3.99. The monoisotopic (exact) mass is 356 g/mol. The maximum Gasteiger partial charge on any atom is 0.254 e. The first-order valence-electron chi connectivity index (χ1n) is 8.20. The Labute approximate surface area is 152 Å². The van der Waals surface area contributed by atoms with E-state index in [1.165, 1.54) is 0 Å². The van der Waals surface area contributed by atoms with E-state index in [9.17, 15) is 9.59 Å². The Bertz CT molecular complexity index is 837. The average Bonchev–Trinajstić information content (AvgIpc) is 2.60. The third-order valence-corrected chi connectivity index (χ3v) is 5.74. The van der Waals surface area contributed by atoms with E-state index in [2.05, 4.69) is 0 Å². The van der Waals surface area contributed by atoms with Crippen LogP contribution in [0.25, 0.3) is 0 Å². The SMILES string of the molecule is CC(C(N)=O)C1(C)c2ccc(Cl)cc2C(=O)N(C)C1c1ccccc1. The van der Waals surface area contributed by atoms with E-state index in [0.29, 0.717) is 10.6 Å². The predicted octanol–water partition coefficient (Wildman–Crippen LogP) is 3.55. The molecule has 2 N–H and O–H groups in total. The number of likely N-dealkylation sites (N-methyl/N-ethyl adjacent to an activating group) is 1. The van der Waals surface area contributed by atoms with Crippen molar-refractivity contribution < 1.29 is 9.59 Å². The van der Waals surface area contributed by atoms with Gasteiger partial charge in [0.2, 0.25) is 5.91 Å². The molecular weight excluding hydrogens is 336 g/mol. The summed E-state index contributed by atoms with van der Waals surface area (Å²) in [6, 6.07) is 14.7. The van der Waals surface area contributed by atoms with Gasteiger partial charge in [0, 0.05) is 29.0 Å². The smallest absolute Gasteiger partial charge is 0.254 e. The maximum absolute atomic E-state index is 13.0. The number of amides is 2. The molecule has 1 aliphatic heterocycles. The van der Waals surface area contributed by atoms with Crippen LogP contribution in [0.1, 0.15) is 41.4 Å². The van der Waals surface area contributed by atoms with E-state index in [1.807, 2.05) is 50.2 Å². The third-order valence-electron chi connectivity index (χ3n) is 5.51. The molecule has 1 heterocycles. The Morgan fingerprint density at radius 1 is 1.24 bits per heavy atom. The van der Waals surface area contributed by atoms with Crippen LogP contribution in [0.2, 0.25) is 5.02 Å². The lowest BCUT2D eigenvalue weighted by atomic mass is 9.61.